The van der Waals surface area contributed by atoms with Crippen molar-refractivity contribution in [2.75, 3.05) is 20.3 Å². The average Bonchev–Trinajstić information content (AvgIpc) is 2.60. The number of rotatable bonds is 7. The smallest absolute Gasteiger partial charge is 0.341 e. The number of nitrogens with one attached hydrogen (secondary N) is 1. The van der Waals surface area contributed by atoms with Gasteiger partial charge in [0.05, 0.1) is 11.6 Å². The van der Waals surface area contributed by atoms with Crippen LogP contribution in [0.5, 0.6) is 11.5 Å². The van der Waals surface area contributed by atoms with Crippen molar-refractivity contribution in [1.82, 2.24) is 10.2 Å². The highest BCUT2D eigenvalue weighted by Gasteiger charge is 2.35. The summed E-state index contributed by atoms with van der Waals surface area (Å²) in [7, 11) is 1.36. The largest absolute Gasteiger partial charge is 0.493 e. The fourth-order valence-electron chi connectivity index (χ4n) is 2.25. The van der Waals surface area contributed by atoms with Gasteiger partial charge in [-0.1, -0.05) is 6.08 Å². The fourth-order valence-corrected chi connectivity index (χ4v) is 2.83. The van der Waals surface area contributed by atoms with Crippen LogP contribution < -0.4 is 14.8 Å². The Balaban J connectivity index is 2.42. The molecule has 0 atom stereocenters. The second kappa shape index (κ2) is 8.49. The first-order valence-corrected chi connectivity index (χ1v) is 8.29. The molecule has 142 valence electrons. The highest BCUT2D eigenvalue weighted by atomic mass is 79.9. The van der Waals surface area contributed by atoms with Gasteiger partial charge in [0, 0.05) is 6.54 Å². The molecule has 0 spiro atoms. The Labute approximate surface area is 162 Å². The third-order valence-corrected chi connectivity index (χ3v) is 3.99. The number of hydrogen-bond acceptors (Lipinski definition) is 6. The van der Waals surface area contributed by atoms with Crippen molar-refractivity contribution >= 4 is 45.8 Å². The van der Waals surface area contributed by atoms with E-state index in [0.29, 0.717) is 10.0 Å². The molecule has 0 aliphatic carbocycles. The van der Waals surface area contributed by atoms with Crippen LogP contribution in [0.15, 0.2) is 34.8 Å². The maximum Gasteiger partial charge on any atom is 0.341 e. The van der Waals surface area contributed by atoms with Crippen molar-refractivity contribution in [2.24, 2.45) is 0 Å². The number of carboxylic acid groups (broad SMARTS) is 1. The number of imide groups is 2. The summed E-state index contributed by atoms with van der Waals surface area (Å²) in [6.07, 6.45) is 2.65. The zero-order valence-corrected chi connectivity index (χ0v) is 15.7. The summed E-state index contributed by atoms with van der Waals surface area (Å²) in [4.78, 5) is 47.7. The van der Waals surface area contributed by atoms with E-state index in [-0.39, 0.29) is 23.6 Å². The molecule has 9 nitrogen and oxygen atoms in total. The Kier molecular flexibility index (Phi) is 6.35. The summed E-state index contributed by atoms with van der Waals surface area (Å²) < 4.78 is 10.7. The number of ether oxygens (including phenoxy) is 2. The summed E-state index contributed by atoms with van der Waals surface area (Å²) >= 11 is 3.24. The Morgan fingerprint density at radius 1 is 1.37 bits per heavy atom. The lowest BCUT2D eigenvalue weighted by atomic mass is 10.1. The van der Waals surface area contributed by atoms with Crippen molar-refractivity contribution in [3.8, 4) is 11.5 Å². The number of carboxylic acids is 1. The predicted octanol–water partition coefficient (Wildman–Crippen LogP) is 1.57. The lowest BCUT2D eigenvalue weighted by molar-refractivity contribution is -0.139. The number of benzene rings is 1. The topological polar surface area (TPSA) is 122 Å². The number of halogens is 1. The minimum absolute atomic E-state index is 0.0513. The molecule has 4 amide bonds. The van der Waals surface area contributed by atoms with Gasteiger partial charge in [-0.25, -0.2) is 9.59 Å². The first-order valence-electron chi connectivity index (χ1n) is 7.50. The van der Waals surface area contributed by atoms with Crippen LogP contribution >= 0.6 is 15.9 Å². The van der Waals surface area contributed by atoms with Gasteiger partial charge in [-0.3, -0.25) is 19.8 Å². The number of urea groups is 1. The van der Waals surface area contributed by atoms with Gasteiger partial charge in [0.1, 0.15) is 5.57 Å². The maximum absolute atomic E-state index is 12.4. The van der Waals surface area contributed by atoms with Crippen molar-refractivity contribution < 1.29 is 33.8 Å². The Hall–Kier alpha value is -3.14. The van der Waals surface area contributed by atoms with E-state index in [1.165, 1.54) is 31.4 Å². The van der Waals surface area contributed by atoms with Gasteiger partial charge in [0.2, 0.25) is 0 Å². The molecule has 10 heteroatoms. The average molecular weight is 439 g/mol. The van der Waals surface area contributed by atoms with E-state index in [9.17, 15) is 19.2 Å². The zero-order valence-electron chi connectivity index (χ0n) is 14.2. The van der Waals surface area contributed by atoms with Gasteiger partial charge < -0.3 is 14.6 Å². The lowest BCUT2D eigenvalue weighted by Crippen LogP contribution is -2.54. The van der Waals surface area contributed by atoms with Crippen LogP contribution in [-0.4, -0.2) is 54.1 Å². The second-order valence-electron chi connectivity index (χ2n) is 5.24. The minimum Gasteiger partial charge on any atom is -0.493 e. The molecule has 2 N–H and O–H groups in total. The van der Waals surface area contributed by atoms with Crippen LogP contribution in [0, 0.1) is 0 Å². The van der Waals surface area contributed by atoms with Gasteiger partial charge in [-0.2, -0.15) is 0 Å². The fraction of sp³-hybridized carbons (Fsp3) is 0.176. The number of hydrogen-bond donors (Lipinski definition) is 2. The van der Waals surface area contributed by atoms with E-state index >= 15 is 0 Å². The number of carbonyl (C=O) groups is 4. The maximum atomic E-state index is 12.4. The molecule has 0 unspecified atom stereocenters. The Bertz CT molecular complexity index is 863. The summed E-state index contributed by atoms with van der Waals surface area (Å²) in [5.74, 6) is -2.40. The molecule has 1 saturated heterocycles. The molecular formula is C17H15BrN2O7. The van der Waals surface area contributed by atoms with E-state index < -0.39 is 30.4 Å². The van der Waals surface area contributed by atoms with Crippen LogP contribution in [0.1, 0.15) is 5.56 Å². The molecule has 1 aliphatic rings. The van der Waals surface area contributed by atoms with Crippen LogP contribution in [0.3, 0.4) is 0 Å². The van der Waals surface area contributed by atoms with E-state index in [1.807, 2.05) is 0 Å². The number of aliphatic carboxylic acids is 1. The molecule has 0 aromatic heterocycles. The summed E-state index contributed by atoms with van der Waals surface area (Å²) in [5.41, 5.74) is 0.150. The zero-order chi connectivity index (χ0) is 20.1. The third kappa shape index (κ3) is 4.53. The minimum atomic E-state index is -1.16. The summed E-state index contributed by atoms with van der Waals surface area (Å²) in [5, 5.41) is 10.8. The third-order valence-electron chi connectivity index (χ3n) is 3.40. The van der Waals surface area contributed by atoms with Crippen molar-refractivity contribution in [3.63, 3.8) is 0 Å². The Morgan fingerprint density at radius 3 is 2.67 bits per heavy atom. The molecule has 2 rings (SSSR count). The summed E-state index contributed by atoms with van der Waals surface area (Å²) in [6.45, 7) is 2.84. The highest BCUT2D eigenvalue weighted by molar-refractivity contribution is 9.10. The molecule has 1 aliphatic heterocycles. The van der Waals surface area contributed by atoms with E-state index in [2.05, 4.69) is 27.8 Å². The molecule has 27 heavy (non-hydrogen) atoms. The molecule has 1 heterocycles. The molecule has 0 saturated carbocycles. The molecule has 1 aromatic rings. The number of nitrogens with zero attached hydrogens (tertiary/aromatic N) is 1. The predicted molar refractivity (Wildman–Crippen MR) is 97.3 cm³/mol. The monoisotopic (exact) mass is 438 g/mol. The van der Waals surface area contributed by atoms with E-state index in [0.717, 1.165) is 4.90 Å². The number of carbonyl (C=O) groups excluding carboxylic acids is 3. The summed E-state index contributed by atoms with van der Waals surface area (Å²) in [6, 6.07) is 2.16. The van der Waals surface area contributed by atoms with Crippen molar-refractivity contribution in [3.05, 3.63) is 40.4 Å². The van der Waals surface area contributed by atoms with Crippen LogP contribution in [0.4, 0.5) is 4.79 Å². The number of methoxy groups -OCH3 is 1. The highest BCUT2D eigenvalue weighted by Crippen LogP contribution is 2.37. The van der Waals surface area contributed by atoms with Gasteiger partial charge in [0.15, 0.2) is 18.1 Å². The molecular weight excluding hydrogens is 424 g/mol. The first-order chi connectivity index (χ1) is 12.8. The molecule has 0 bridgehead atoms. The number of barbiturate groups is 1. The lowest BCUT2D eigenvalue weighted by Gasteiger charge is -2.25. The van der Waals surface area contributed by atoms with Gasteiger partial charge in [-0.05, 0) is 39.7 Å². The van der Waals surface area contributed by atoms with Crippen LogP contribution in [0.2, 0.25) is 0 Å². The normalized spacial score (nSPS) is 15.6. The van der Waals surface area contributed by atoms with Crippen LogP contribution in [-0.2, 0) is 14.4 Å². The van der Waals surface area contributed by atoms with Crippen molar-refractivity contribution in [1.29, 1.82) is 0 Å². The van der Waals surface area contributed by atoms with Crippen molar-refractivity contribution in [2.45, 2.75) is 0 Å². The van der Waals surface area contributed by atoms with E-state index in [1.54, 1.807) is 0 Å². The van der Waals surface area contributed by atoms with Crippen LogP contribution in [0.25, 0.3) is 6.08 Å². The van der Waals surface area contributed by atoms with Gasteiger partial charge in [-0.15, -0.1) is 6.58 Å². The molecule has 1 fully saturated rings. The van der Waals surface area contributed by atoms with Gasteiger partial charge >= 0.3 is 12.0 Å². The number of amides is 4. The molecule has 0 radical (unpaired) electrons. The first kappa shape index (κ1) is 20.2. The second-order valence-corrected chi connectivity index (χ2v) is 6.09. The van der Waals surface area contributed by atoms with E-state index in [4.69, 9.17) is 14.6 Å². The quantitative estimate of drug-likeness (QED) is 0.376. The standard InChI is InChI=1S/C17H15BrN2O7/c1-3-4-20-16(24)10(15(23)19-17(20)25)5-9-6-11(18)14(12(7-9)26-2)27-8-13(21)22/h3,5-7H,1,4,8H2,2H3,(H,21,22)(H,19,23,25). The Morgan fingerprint density at radius 2 is 2.07 bits per heavy atom. The van der Waals surface area contributed by atoms with Gasteiger partial charge in [0.25, 0.3) is 11.8 Å². The molecule has 1 aromatic carbocycles. The SMILES string of the molecule is C=CCN1C(=O)NC(=O)C(=Cc2cc(Br)c(OCC(=O)O)c(OC)c2)C1=O.